The van der Waals surface area contributed by atoms with Crippen LogP contribution < -0.4 is 5.32 Å². The summed E-state index contributed by atoms with van der Waals surface area (Å²) in [6.45, 7) is 3.34. The van der Waals surface area contributed by atoms with E-state index < -0.39 is 0 Å². The highest BCUT2D eigenvalue weighted by atomic mass is 16.5. The lowest BCUT2D eigenvalue weighted by Gasteiger charge is -2.54. The lowest BCUT2D eigenvalue weighted by atomic mass is 9.60. The number of nitrogens with zero attached hydrogens (tertiary/aromatic N) is 4. The predicted molar refractivity (Wildman–Crippen MR) is 89.8 cm³/mol. The summed E-state index contributed by atoms with van der Waals surface area (Å²) in [6.07, 6.45) is 8.05. The van der Waals surface area contributed by atoms with Crippen LogP contribution in [0.25, 0.3) is 5.78 Å². The summed E-state index contributed by atoms with van der Waals surface area (Å²) in [6, 6.07) is 2.43. The first-order valence-electron chi connectivity index (χ1n) is 8.83. The van der Waals surface area contributed by atoms with E-state index in [9.17, 15) is 0 Å². The normalized spacial score (nSPS) is 25.2. The Balaban J connectivity index is 1.61. The molecule has 2 aromatic rings. The summed E-state index contributed by atoms with van der Waals surface area (Å²) in [5.74, 6) is 1.55. The highest BCUT2D eigenvalue weighted by Crippen LogP contribution is 2.55. The molecular weight excluding hydrogens is 306 g/mol. The lowest BCUT2D eigenvalue weighted by Crippen LogP contribution is -2.60. The van der Waals surface area contributed by atoms with Gasteiger partial charge in [0.05, 0.1) is 18.4 Å². The van der Waals surface area contributed by atoms with Gasteiger partial charge in [0.1, 0.15) is 12.1 Å². The summed E-state index contributed by atoms with van der Waals surface area (Å²) >= 11 is 0. The van der Waals surface area contributed by atoms with Crippen molar-refractivity contribution in [3.63, 3.8) is 0 Å². The Kier molecular flexibility index (Phi) is 4.14. The van der Waals surface area contributed by atoms with E-state index in [0.29, 0.717) is 24.5 Å². The maximum atomic E-state index is 6.01. The number of anilines is 1. The van der Waals surface area contributed by atoms with E-state index >= 15 is 0 Å². The highest BCUT2D eigenvalue weighted by molar-refractivity contribution is 5.47. The molecular formula is C17H25N5O2. The first-order chi connectivity index (χ1) is 11.8. The van der Waals surface area contributed by atoms with Gasteiger partial charge in [0, 0.05) is 31.2 Å². The maximum absolute atomic E-state index is 6.01. The average molecular weight is 331 g/mol. The van der Waals surface area contributed by atoms with Gasteiger partial charge in [-0.1, -0.05) is 12.8 Å². The second-order valence-electron chi connectivity index (χ2n) is 6.85. The molecule has 0 saturated heterocycles. The molecule has 2 heterocycles. The molecule has 0 amide bonds. The van der Waals surface area contributed by atoms with Gasteiger partial charge in [-0.3, -0.25) is 0 Å². The summed E-state index contributed by atoms with van der Waals surface area (Å²) in [4.78, 5) is 8.70. The predicted octanol–water partition coefficient (Wildman–Crippen LogP) is 2.42. The summed E-state index contributed by atoms with van der Waals surface area (Å²) in [7, 11) is 1.68. The van der Waals surface area contributed by atoms with Crippen LogP contribution in [0.15, 0.2) is 12.4 Å². The fourth-order valence-electron chi connectivity index (χ4n) is 4.45. The van der Waals surface area contributed by atoms with Crippen LogP contribution in [-0.2, 0) is 16.1 Å². The first kappa shape index (κ1) is 15.8. The molecule has 7 nitrogen and oxygen atoms in total. The van der Waals surface area contributed by atoms with Crippen molar-refractivity contribution in [3.8, 4) is 0 Å². The largest absolute Gasteiger partial charge is 0.378 e. The molecule has 1 N–H and O–H groups in total. The van der Waals surface area contributed by atoms with E-state index in [1.807, 2.05) is 6.07 Å². The van der Waals surface area contributed by atoms with Gasteiger partial charge >= 0.3 is 0 Å². The Bertz CT molecular complexity index is 710. The van der Waals surface area contributed by atoms with E-state index in [-0.39, 0.29) is 5.41 Å². The van der Waals surface area contributed by atoms with Crippen LogP contribution in [0.1, 0.15) is 44.7 Å². The zero-order valence-electron chi connectivity index (χ0n) is 14.4. The second-order valence-corrected chi connectivity index (χ2v) is 6.85. The molecule has 2 aliphatic rings. The van der Waals surface area contributed by atoms with Gasteiger partial charge in [0.2, 0.25) is 0 Å². The van der Waals surface area contributed by atoms with Crippen LogP contribution in [0.4, 0.5) is 5.82 Å². The maximum Gasteiger partial charge on any atom is 0.254 e. The van der Waals surface area contributed by atoms with Crippen molar-refractivity contribution < 1.29 is 9.47 Å². The van der Waals surface area contributed by atoms with E-state index in [4.69, 9.17) is 9.47 Å². The van der Waals surface area contributed by atoms with Crippen molar-refractivity contribution in [2.75, 3.05) is 19.0 Å². The average Bonchev–Trinajstić information content (AvgIpc) is 3.24. The molecule has 24 heavy (non-hydrogen) atoms. The lowest BCUT2D eigenvalue weighted by molar-refractivity contribution is -0.114. The van der Waals surface area contributed by atoms with Gasteiger partial charge in [-0.25, -0.2) is 4.98 Å². The molecule has 7 heteroatoms. The van der Waals surface area contributed by atoms with Gasteiger partial charge in [0.25, 0.3) is 5.78 Å². The number of nitrogens with one attached hydrogen (secondary N) is 1. The zero-order chi connectivity index (χ0) is 16.6. The second kappa shape index (κ2) is 6.29. The molecule has 2 atom stereocenters. The minimum absolute atomic E-state index is 0.271. The third-order valence-electron chi connectivity index (χ3n) is 5.61. The van der Waals surface area contributed by atoms with Crippen LogP contribution in [0.3, 0.4) is 0 Å². The van der Waals surface area contributed by atoms with Gasteiger partial charge in [-0.15, -0.1) is 0 Å². The molecule has 0 aliphatic heterocycles. The Morgan fingerprint density at radius 2 is 2.21 bits per heavy atom. The Morgan fingerprint density at radius 3 is 2.96 bits per heavy atom. The molecule has 130 valence electrons. The molecule has 2 aliphatic carbocycles. The molecule has 2 aromatic heterocycles. The van der Waals surface area contributed by atoms with Gasteiger partial charge in [-0.2, -0.15) is 14.6 Å². The van der Waals surface area contributed by atoms with Gasteiger partial charge in [0.15, 0.2) is 0 Å². The van der Waals surface area contributed by atoms with Crippen molar-refractivity contribution in [2.24, 2.45) is 5.41 Å². The Morgan fingerprint density at radius 1 is 1.38 bits per heavy atom. The Labute approximate surface area is 141 Å². The summed E-state index contributed by atoms with van der Waals surface area (Å²) in [5, 5.41) is 8.02. The summed E-state index contributed by atoms with van der Waals surface area (Å²) in [5.41, 5.74) is 1.13. The van der Waals surface area contributed by atoms with E-state index in [0.717, 1.165) is 24.5 Å². The van der Waals surface area contributed by atoms with E-state index in [1.54, 1.807) is 18.0 Å². The van der Waals surface area contributed by atoms with Crippen LogP contribution in [-0.4, -0.2) is 45.4 Å². The highest BCUT2D eigenvalue weighted by Gasteiger charge is 2.56. The summed E-state index contributed by atoms with van der Waals surface area (Å²) < 4.78 is 13.0. The van der Waals surface area contributed by atoms with Crippen LogP contribution >= 0.6 is 0 Å². The molecule has 2 fully saturated rings. The third kappa shape index (κ3) is 2.46. The van der Waals surface area contributed by atoms with Crippen molar-refractivity contribution in [3.05, 3.63) is 18.1 Å². The molecule has 0 unspecified atom stereocenters. The van der Waals surface area contributed by atoms with Crippen molar-refractivity contribution in [1.82, 2.24) is 19.6 Å². The molecule has 0 radical (unpaired) electrons. The minimum Gasteiger partial charge on any atom is -0.378 e. The number of aromatic nitrogens is 4. The van der Waals surface area contributed by atoms with Crippen LogP contribution in [0, 0.1) is 5.41 Å². The SMILES string of the molecule is CCO[C@@H]1C[C@H](Nc2cc(COC)nc3ncnn23)C12CCCC2. The Hall–Kier alpha value is -1.73. The number of fused-ring (bicyclic) bond motifs is 1. The minimum atomic E-state index is 0.271. The van der Waals surface area contributed by atoms with Gasteiger partial charge in [-0.05, 0) is 26.2 Å². The number of rotatable bonds is 6. The molecule has 1 spiro atoms. The molecule has 4 rings (SSSR count). The fraction of sp³-hybridized carbons (Fsp3) is 0.706. The van der Waals surface area contributed by atoms with E-state index in [2.05, 4.69) is 27.3 Å². The van der Waals surface area contributed by atoms with Gasteiger partial charge < -0.3 is 14.8 Å². The molecule has 0 bridgehead atoms. The fourth-order valence-corrected chi connectivity index (χ4v) is 4.45. The third-order valence-corrected chi connectivity index (χ3v) is 5.61. The van der Waals surface area contributed by atoms with E-state index in [1.165, 1.54) is 25.7 Å². The number of ether oxygens (including phenoxy) is 2. The quantitative estimate of drug-likeness (QED) is 0.876. The number of methoxy groups -OCH3 is 1. The molecule has 0 aromatic carbocycles. The zero-order valence-corrected chi connectivity index (χ0v) is 14.4. The molecule has 2 saturated carbocycles. The topological polar surface area (TPSA) is 73.6 Å². The monoisotopic (exact) mass is 331 g/mol. The smallest absolute Gasteiger partial charge is 0.254 e. The number of hydrogen-bond donors (Lipinski definition) is 1. The van der Waals surface area contributed by atoms with Crippen LogP contribution in [0.5, 0.6) is 0 Å². The first-order valence-corrected chi connectivity index (χ1v) is 8.83. The van der Waals surface area contributed by atoms with Crippen molar-refractivity contribution in [2.45, 2.75) is 57.8 Å². The number of hydrogen-bond acceptors (Lipinski definition) is 6. The van der Waals surface area contributed by atoms with Crippen molar-refractivity contribution >= 4 is 11.6 Å². The van der Waals surface area contributed by atoms with Crippen molar-refractivity contribution in [1.29, 1.82) is 0 Å². The standard InChI is InChI=1S/C17H25N5O2/c1-3-24-14-9-13(17(14)6-4-5-7-17)21-15-8-12(10-23-2)20-16-18-11-19-22(15)16/h8,11,13-14,21H,3-7,9-10H2,1-2H3/t13-,14+/m0/s1. The van der Waals surface area contributed by atoms with Crippen LogP contribution in [0.2, 0.25) is 0 Å².